The largest absolute Gasteiger partial charge is 0.323 e. The van der Waals surface area contributed by atoms with Gasteiger partial charge in [0.2, 0.25) is 5.91 Å². The standard InChI is InChI=1S/C23H26FN3OS.ClH/c1-4-5-6-17-8-10-18(11-9-17)25-23-27(3)19(15-29-23)14-22(28)26-21-13-16(2)7-12-20(21)24;/h7-13,15H,4-6,14H2,1-3H3,(H,26,28);1H. The van der Waals surface area contributed by atoms with Crippen molar-refractivity contribution in [2.24, 2.45) is 12.0 Å². The Hall–Kier alpha value is -2.44. The summed E-state index contributed by atoms with van der Waals surface area (Å²) in [4.78, 5) is 17.9. The van der Waals surface area contributed by atoms with Crippen LogP contribution in [0.4, 0.5) is 15.8 Å². The Kier molecular flexibility index (Phi) is 8.81. The minimum Gasteiger partial charge on any atom is -0.323 e. The molecule has 0 saturated carbocycles. The molecular weight excluding hydrogens is 421 g/mol. The molecular formula is C23H27ClFN3OS. The molecule has 0 aliphatic heterocycles. The zero-order valence-electron chi connectivity index (χ0n) is 17.4. The summed E-state index contributed by atoms with van der Waals surface area (Å²) in [5.74, 6) is -0.688. The van der Waals surface area contributed by atoms with Gasteiger partial charge in [-0.3, -0.25) is 4.79 Å². The maximum atomic E-state index is 13.9. The zero-order chi connectivity index (χ0) is 20.8. The molecule has 0 aliphatic rings. The molecule has 3 rings (SSSR count). The lowest BCUT2D eigenvalue weighted by atomic mass is 10.1. The molecule has 2 aromatic carbocycles. The van der Waals surface area contributed by atoms with Crippen LogP contribution in [0.2, 0.25) is 0 Å². The number of nitrogens with one attached hydrogen (secondary N) is 1. The van der Waals surface area contributed by atoms with Crippen molar-refractivity contribution < 1.29 is 9.18 Å². The van der Waals surface area contributed by atoms with Crippen LogP contribution < -0.4 is 10.1 Å². The van der Waals surface area contributed by atoms with Crippen LogP contribution in [-0.2, 0) is 24.7 Å². The molecule has 1 amide bonds. The molecule has 0 saturated heterocycles. The second-order valence-corrected chi connectivity index (χ2v) is 8.00. The topological polar surface area (TPSA) is 46.4 Å². The fraction of sp³-hybridized carbons (Fsp3) is 0.304. The van der Waals surface area contributed by atoms with E-state index in [1.807, 2.05) is 36.1 Å². The minimum atomic E-state index is -0.434. The highest BCUT2D eigenvalue weighted by atomic mass is 35.5. The van der Waals surface area contributed by atoms with Crippen LogP contribution in [0.1, 0.15) is 36.6 Å². The first kappa shape index (κ1) is 23.8. The van der Waals surface area contributed by atoms with Gasteiger partial charge in [-0.25, -0.2) is 9.38 Å². The first-order valence-electron chi connectivity index (χ1n) is 9.79. The number of halogens is 2. The highest BCUT2D eigenvalue weighted by Crippen LogP contribution is 2.17. The summed E-state index contributed by atoms with van der Waals surface area (Å²) in [5.41, 5.74) is 4.15. The summed E-state index contributed by atoms with van der Waals surface area (Å²) in [6.07, 6.45) is 3.62. The van der Waals surface area contributed by atoms with E-state index in [0.717, 1.165) is 28.2 Å². The van der Waals surface area contributed by atoms with Crippen molar-refractivity contribution >= 4 is 41.0 Å². The minimum absolute atomic E-state index is 0. The number of rotatable bonds is 7. The molecule has 3 aromatic rings. The van der Waals surface area contributed by atoms with E-state index in [2.05, 4.69) is 29.4 Å². The first-order chi connectivity index (χ1) is 14.0. The van der Waals surface area contributed by atoms with Gasteiger partial charge in [-0.2, -0.15) is 0 Å². The Bertz CT molecular complexity index is 1060. The maximum absolute atomic E-state index is 13.9. The van der Waals surface area contributed by atoms with Crippen molar-refractivity contribution in [3.63, 3.8) is 0 Å². The van der Waals surface area contributed by atoms with Crippen LogP contribution >= 0.6 is 23.7 Å². The fourth-order valence-corrected chi connectivity index (χ4v) is 3.90. The van der Waals surface area contributed by atoms with Crippen molar-refractivity contribution in [2.45, 2.75) is 39.5 Å². The highest BCUT2D eigenvalue weighted by molar-refractivity contribution is 7.07. The van der Waals surface area contributed by atoms with Crippen LogP contribution in [0.25, 0.3) is 0 Å². The van der Waals surface area contributed by atoms with Crippen molar-refractivity contribution in [1.82, 2.24) is 4.57 Å². The summed E-state index contributed by atoms with van der Waals surface area (Å²) >= 11 is 1.49. The normalized spacial score (nSPS) is 11.3. The summed E-state index contributed by atoms with van der Waals surface area (Å²) in [7, 11) is 1.89. The molecule has 160 valence electrons. The van der Waals surface area contributed by atoms with E-state index in [4.69, 9.17) is 0 Å². The number of carbonyl (C=O) groups is 1. The summed E-state index contributed by atoms with van der Waals surface area (Å²) in [5, 5.41) is 4.57. The van der Waals surface area contributed by atoms with Crippen molar-refractivity contribution in [3.05, 3.63) is 75.3 Å². The van der Waals surface area contributed by atoms with E-state index < -0.39 is 5.82 Å². The van der Waals surface area contributed by atoms with E-state index in [-0.39, 0.29) is 30.4 Å². The van der Waals surface area contributed by atoms with Crippen molar-refractivity contribution in [1.29, 1.82) is 0 Å². The number of carbonyl (C=O) groups excluding carboxylic acids is 1. The second-order valence-electron chi connectivity index (χ2n) is 7.16. The Morgan fingerprint density at radius 3 is 2.63 bits per heavy atom. The monoisotopic (exact) mass is 447 g/mol. The van der Waals surface area contributed by atoms with Gasteiger partial charge < -0.3 is 9.88 Å². The van der Waals surface area contributed by atoms with E-state index in [1.54, 1.807) is 12.1 Å². The molecule has 0 spiro atoms. The summed E-state index contributed by atoms with van der Waals surface area (Å²) in [6.45, 7) is 4.05. The number of nitrogens with zero attached hydrogens (tertiary/aromatic N) is 2. The number of aromatic nitrogens is 1. The number of thiazole rings is 1. The van der Waals surface area contributed by atoms with Gasteiger partial charge in [-0.05, 0) is 55.2 Å². The number of benzene rings is 2. The van der Waals surface area contributed by atoms with Gasteiger partial charge in [-0.1, -0.05) is 31.5 Å². The van der Waals surface area contributed by atoms with Crippen molar-refractivity contribution in [3.8, 4) is 0 Å². The molecule has 0 aliphatic carbocycles. The number of hydrogen-bond acceptors (Lipinski definition) is 3. The Morgan fingerprint density at radius 2 is 1.93 bits per heavy atom. The molecule has 0 atom stereocenters. The van der Waals surface area contributed by atoms with Crippen LogP contribution in [-0.4, -0.2) is 10.5 Å². The molecule has 1 heterocycles. The van der Waals surface area contributed by atoms with Gasteiger partial charge in [0.05, 0.1) is 17.8 Å². The third kappa shape index (κ3) is 6.28. The first-order valence-corrected chi connectivity index (χ1v) is 10.7. The van der Waals surface area contributed by atoms with E-state index >= 15 is 0 Å². The SMILES string of the molecule is CCCCc1ccc(N=c2scc(CC(=O)Nc3cc(C)ccc3F)n2C)cc1.Cl. The molecule has 0 bridgehead atoms. The van der Waals surface area contributed by atoms with Gasteiger partial charge in [0, 0.05) is 18.1 Å². The molecule has 30 heavy (non-hydrogen) atoms. The molecule has 4 nitrogen and oxygen atoms in total. The van der Waals surface area contributed by atoms with Gasteiger partial charge in [-0.15, -0.1) is 23.7 Å². The third-order valence-electron chi connectivity index (χ3n) is 4.74. The molecule has 0 radical (unpaired) electrons. The summed E-state index contributed by atoms with van der Waals surface area (Å²) < 4.78 is 15.8. The van der Waals surface area contributed by atoms with Gasteiger partial charge in [0.1, 0.15) is 5.82 Å². The second kappa shape index (κ2) is 11.1. The Labute approximate surface area is 186 Å². The van der Waals surface area contributed by atoms with Crippen LogP contribution in [0, 0.1) is 12.7 Å². The predicted molar refractivity (Wildman–Crippen MR) is 124 cm³/mol. The smallest absolute Gasteiger partial charge is 0.230 e. The van der Waals surface area contributed by atoms with Crippen molar-refractivity contribution in [2.75, 3.05) is 5.32 Å². The number of hydrogen-bond donors (Lipinski definition) is 1. The van der Waals surface area contributed by atoms with E-state index in [9.17, 15) is 9.18 Å². The third-order valence-corrected chi connectivity index (χ3v) is 5.70. The summed E-state index contributed by atoms with van der Waals surface area (Å²) in [6, 6.07) is 13.0. The predicted octanol–water partition coefficient (Wildman–Crippen LogP) is 5.71. The maximum Gasteiger partial charge on any atom is 0.230 e. The Morgan fingerprint density at radius 1 is 1.20 bits per heavy atom. The molecule has 1 aromatic heterocycles. The molecule has 0 fully saturated rings. The lowest BCUT2D eigenvalue weighted by molar-refractivity contribution is -0.115. The zero-order valence-corrected chi connectivity index (χ0v) is 19.1. The molecule has 7 heteroatoms. The molecule has 1 N–H and O–H groups in total. The number of amides is 1. The number of unbranched alkanes of at least 4 members (excludes halogenated alkanes) is 1. The van der Waals surface area contributed by atoms with Crippen LogP contribution in [0.3, 0.4) is 0 Å². The van der Waals surface area contributed by atoms with Gasteiger partial charge >= 0.3 is 0 Å². The molecule has 0 unspecified atom stereocenters. The van der Waals surface area contributed by atoms with Crippen LogP contribution in [0.5, 0.6) is 0 Å². The fourth-order valence-electron chi connectivity index (χ4n) is 2.99. The number of anilines is 1. The van der Waals surface area contributed by atoms with Gasteiger partial charge in [0.25, 0.3) is 0 Å². The average molecular weight is 448 g/mol. The van der Waals surface area contributed by atoms with Crippen LogP contribution in [0.15, 0.2) is 52.8 Å². The Balaban J connectivity index is 0.00000320. The average Bonchev–Trinajstić information content (AvgIpc) is 3.03. The lowest BCUT2D eigenvalue weighted by Crippen LogP contribution is -2.20. The van der Waals surface area contributed by atoms with Gasteiger partial charge in [0.15, 0.2) is 4.80 Å². The van der Waals surface area contributed by atoms with E-state index in [0.29, 0.717) is 0 Å². The highest BCUT2D eigenvalue weighted by Gasteiger charge is 2.11. The number of aryl methyl sites for hydroxylation is 2. The van der Waals surface area contributed by atoms with E-state index in [1.165, 1.54) is 35.8 Å². The quantitative estimate of drug-likeness (QED) is 0.495. The lowest BCUT2D eigenvalue weighted by Gasteiger charge is -2.08.